The average Bonchev–Trinajstić information content (AvgIpc) is 3.30. The number of likely N-dealkylation sites (tertiary alicyclic amines) is 1. The van der Waals surface area contributed by atoms with E-state index in [0.29, 0.717) is 30.7 Å². The Kier molecular flexibility index (Phi) is 4.34. The third-order valence-electron chi connectivity index (χ3n) is 4.77. The van der Waals surface area contributed by atoms with Gasteiger partial charge in [0.05, 0.1) is 23.9 Å². The number of hydrogen-bond donors (Lipinski definition) is 1. The number of aromatic nitrogens is 2. The summed E-state index contributed by atoms with van der Waals surface area (Å²) < 4.78 is 11.1. The number of carbonyl (C=O) groups is 1. The van der Waals surface area contributed by atoms with Gasteiger partial charge in [-0.2, -0.15) is 0 Å². The maximum Gasteiger partial charge on any atom is 0.270 e. The van der Waals surface area contributed by atoms with Crippen LogP contribution in [0.25, 0.3) is 0 Å². The Balaban J connectivity index is 1.30. The summed E-state index contributed by atoms with van der Waals surface area (Å²) in [5, 5.41) is 8.81. The fourth-order valence-electron chi connectivity index (χ4n) is 3.58. The Bertz CT molecular complexity index is 702. The number of aryl methyl sites for hydroxylation is 1. The molecule has 128 valence electrons. The van der Waals surface area contributed by atoms with Crippen molar-refractivity contribution in [3.63, 3.8) is 0 Å². The normalized spacial score (nSPS) is 26.6. The van der Waals surface area contributed by atoms with Crippen molar-refractivity contribution in [3.8, 4) is 0 Å². The van der Waals surface area contributed by atoms with E-state index in [0.717, 1.165) is 31.1 Å². The quantitative estimate of drug-likeness (QED) is 0.878. The SMILES string of the molecule is Cc1cc(CN2C[C@@H]3[C@@H](CNC(=O)c4cscn4)CO[C@@H]3C2)no1. The summed E-state index contributed by atoms with van der Waals surface area (Å²) in [7, 11) is 0. The number of hydrogen-bond acceptors (Lipinski definition) is 7. The molecule has 2 fully saturated rings. The molecule has 8 heteroatoms. The van der Waals surface area contributed by atoms with Gasteiger partial charge in [-0.3, -0.25) is 9.69 Å². The molecule has 24 heavy (non-hydrogen) atoms. The zero-order chi connectivity index (χ0) is 16.5. The maximum atomic E-state index is 12.0. The average molecular weight is 348 g/mol. The Morgan fingerprint density at radius 3 is 3.17 bits per heavy atom. The lowest BCUT2D eigenvalue weighted by molar-refractivity contribution is 0.0899. The van der Waals surface area contributed by atoms with Crippen molar-refractivity contribution in [2.45, 2.75) is 19.6 Å². The van der Waals surface area contributed by atoms with Crippen LogP contribution in [0, 0.1) is 18.8 Å². The molecule has 2 aliphatic rings. The molecule has 0 saturated carbocycles. The van der Waals surface area contributed by atoms with Crippen molar-refractivity contribution in [1.29, 1.82) is 0 Å². The highest BCUT2D eigenvalue weighted by molar-refractivity contribution is 7.07. The van der Waals surface area contributed by atoms with Crippen molar-refractivity contribution < 1.29 is 14.1 Å². The second-order valence-electron chi connectivity index (χ2n) is 6.50. The summed E-state index contributed by atoms with van der Waals surface area (Å²) in [5.74, 6) is 1.53. The van der Waals surface area contributed by atoms with Crippen LogP contribution in [0.4, 0.5) is 0 Å². The van der Waals surface area contributed by atoms with E-state index in [-0.39, 0.29) is 12.0 Å². The highest BCUT2D eigenvalue weighted by Crippen LogP contribution is 2.34. The molecule has 3 atom stereocenters. The van der Waals surface area contributed by atoms with E-state index in [4.69, 9.17) is 9.26 Å². The summed E-state index contributed by atoms with van der Waals surface area (Å²) >= 11 is 1.43. The van der Waals surface area contributed by atoms with Gasteiger partial charge < -0.3 is 14.6 Å². The summed E-state index contributed by atoms with van der Waals surface area (Å²) in [6, 6.07) is 1.97. The number of carbonyl (C=O) groups excluding carboxylic acids is 1. The lowest BCUT2D eigenvalue weighted by Gasteiger charge is -2.19. The van der Waals surface area contributed by atoms with Crippen molar-refractivity contribution in [2.24, 2.45) is 11.8 Å². The number of amides is 1. The number of nitrogens with zero attached hydrogens (tertiary/aromatic N) is 3. The van der Waals surface area contributed by atoms with Crippen LogP contribution in [0.15, 0.2) is 21.5 Å². The van der Waals surface area contributed by atoms with Gasteiger partial charge in [0.1, 0.15) is 11.5 Å². The molecule has 2 aliphatic heterocycles. The molecule has 0 unspecified atom stereocenters. The molecule has 0 spiro atoms. The second-order valence-corrected chi connectivity index (χ2v) is 7.22. The van der Waals surface area contributed by atoms with Crippen molar-refractivity contribution in [2.75, 3.05) is 26.2 Å². The molecule has 0 aliphatic carbocycles. The molecule has 0 bridgehead atoms. The Morgan fingerprint density at radius 2 is 2.42 bits per heavy atom. The van der Waals surface area contributed by atoms with Crippen molar-refractivity contribution >= 4 is 17.2 Å². The molecular weight excluding hydrogens is 328 g/mol. The lowest BCUT2D eigenvalue weighted by Crippen LogP contribution is -2.34. The van der Waals surface area contributed by atoms with Gasteiger partial charge in [0.2, 0.25) is 0 Å². The van der Waals surface area contributed by atoms with Crippen LogP contribution >= 0.6 is 11.3 Å². The maximum absolute atomic E-state index is 12.0. The lowest BCUT2D eigenvalue weighted by atomic mass is 9.93. The Labute approximate surface area is 144 Å². The first-order valence-corrected chi connectivity index (χ1v) is 9.06. The summed E-state index contributed by atoms with van der Waals surface area (Å²) in [6.45, 7) is 5.91. The van der Waals surface area contributed by atoms with Crippen LogP contribution in [0.1, 0.15) is 21.9 Å². The predicted molar refractivity (Wildman–Crippen MR) is 87.7 cm³/mol. The van der Waals surface area contributed by atoms with Crippen molar-refractivity contribution in [3.05, 3.63) is 34.1 Å². The summed E-state index contributed by atoms with van der Waals surface area (Å²) in [6.07, 6.45) is 0.249. The monoisotopic (exact) mass is 348 g/mol. The zero-order valence-electron chi connectivity index (χ0n) is 13.5. The standard InChI is InChI=1S/C16H20N4O3S/c1-10-2-12(19-23-10)4-20-5-13-11(7-22-15(13)6-20)3-17-16(21)14-8-24-9-18-14/h2,8-9,11,13,15H,3-7H2,1H3,(H,17,21)/t11-,13+,15+/m0/s1. The van der Waals surface area contributed by atoms with Crippen LogP contribution in [0.2, 0.25) is 0 Å². The predicted octanol–water partition coefficient (Wildman–Crippen LogP) is 1.32. The molecule has 2 aromatic rings. The Morgan fingerprint density at radius 1 is 1.50 bits per heavy atom. The first-order chi connectivity index (χ1) is 11.7. The number of fused-ring (bicyclic) bond motifs is 1. The van der Waals surface area contributed by atoms with Crippen LogP contribution in [0.5, 0.6) is 0 Å². The third-order valence-corrected chi connectivity index (χ3v) is 5.35. The molecular formula is C16H20N4O3S. The fraction of sp³-hybridized carbons (Fsp3) is 0.562. The van der Waals surface area contributed by atoms with Gasteiger partial charge >= 0.3 is 0 Å². The minimum atomic E-state index is -0.104. The minimum absolute atomic E-state index is 0.104. The molecule has 7 nitrogen and oxygen atoms in total. The van der Waals surface area contributed by atoms with E-state index in [1.807, 2.05) is 13.0 Å². The minimum Gasteiger partial charge on any atom is -0.376 e. The zero-order valence-corrected chi connectivity index (χ0v) is 14.3. The molecule has 4 rings (SSSR count). The van der Waals surface area contributed by atoms with Crippen LogP contribution < -0.4 is 5.32 Å². The molecule has 0 aromatic carbocycles. The Hall–Kier alpha value is -1.77. The van der Waals surface area contributed by atoms with Gasteiger partial charge in [0.25, 0.3) is 5.91 Å². The van der Waals surface area contributed by atoms with Crippen LogP contribution in [-0.4, -0.2) is 53.3 Å². The first-order valence-electron chi connectivity index (χ1n) is 8.11. The molecule has 1 amide bonds. The topological polar surface area (TPSA) is 80.5 Å². The smallest absolute Gasteiger partial charge is 0.270 e. The first kappa shape index (κ1) is 15.7. The number of ether oxygens (including phenoxy) is 1. The third kappa shape index (κ3) is 3.22. The van der Waals surface area contributed by atoms with Gasteiger partial charge in [-0.1, -0.05) is 5.16 Å². The highest BCUT2D eigenvalue weighted by atomic mass is 32.1. The molecule has 4 heterocycles. The summed E-state index contributed by atoms with van der Waals surface area (Å²) in [5.41, 5.74) is 3.12. The van der Waals surface area contributed by atoms with E-state index in [1.54, 1.807) is 10.9 Å². The largest absolute Gasteiger partial charge is 0.376 e. The van der Waals surface area contributed by atoms with Crippen molar-refractivity contribution in [1.82, 2.24) is 20.4 Å². The summed E-state index contributed by atoms with van der Waals surface area (Å²) in [4.78, 5) is 18.4. The molecule has 2 aromatic heterocycles. The van der Waals surface area contributed by atoms with E-state index in [2.05, 4.69) is 20.4 Å². The van der Waals surface area contributed by atoms with Gasteiger partial charge in [-0.15, -0.1) is 11.3 Å². The number of rotatable bonds is 5. The second kappa shape index (κ2) is 6.62. The van der Waals surface area contributed by atoms with Gasteiger partial charge in [-0.25, -0.2) is 4.98 Å². The van der Waals surface area contributed by atoms with E-state index in [9.17, 15) is 4.79 Å². The highest BCUT2D eigenvalue weighted by Gasteiger charge is 2.43. The van der Waals surface area contributed by atoms with Gasteiger partial charge in [0.15, 0.2) is 0 Å². The van der Waals surface area contributed by atoms with Crippen LogP contribution in [-0.2, 0) is 11.3 Å². The van der Waals surface area contributed by atoms with E-state index in [1.165, 1.54) is 11.3 Å². The molecule has 2 saturated heterocycles. The number of thiazole rings is 1. The fourth-order valence-corrected chi connectivity index (χ4v) is 4.11. The molecule has 1 N–H and O–H groups in total. The van der Waals surface area contributed by atoms with E-state index < -0.39 is 0 Å². The van der Waals surface area contributed by atoms with E-state index >= 15 is 0 Å². The van der Waals surface area contributed by atoms with Gasteiger partial charge in [0, 0.05) is 49.5 Å². The van der Waals surface area contributed by atoms with Crippen LogP contribution in [0.3, 0.4) is 0 Å². The van der Waals surface area contributed by atoms with Gasteiger partial charge in [-0.05, 0) is 6.92 Å². The molecule has 0 radical (unpaired) electrons. The number of nitrogens with one attached hydrogen (secondary N) is 1.